The molecule has 26 heavy (non-hydrogen) atoms. The van der Waals surface area contributed by atoms with Crippen LogP contribution in [0.4, 0.5) is 18.9 Å². The van der Waals surface area contributed by atoms with Gasteiger partial charge in [0.05, 0.1) is 11.9 Å². The van der Waals surface area contributed by atoms with Crippen molar-refractivity contribution >= 4 is 17.5 Å². The number of aromatic nitrogens is 2. The molecule has 1 aromatic heterocycles. The largest absolute Gasteiger partial charge is 0.471 e. The van der Waals surface area contributed by atoms with Crippen molar-refractivity contribution in [3.8, 4) is 0 Å². The van der Waals surface area contributed by atoms with Crippen molar-refractivity contribution in [3.63, 3.8) is 0 Å². The van der Waals surface area contributed by atoms with Gasteiger partial charge in [-0.1, -0.05) is 12.1 Å². The van der Waals surface area contributed by atoms with Gasteiger partial charge in [-0.05, 0) is 31.5 Å². The topological polar surface area (TPSA) is 75.2 Å². The maximum atomic E-state index is 12.6. The van der Waals surface area contributed by atoms with Gasteiger partial charge in [0.1, 0.15) is 5.69 Å². The number of halogens is 3. The fraction of sp³-hybridized carbons (Fsp3) is 0.294. The third-order valence-corrected chi connectivity index (χ3v) is 3.48. The number of nitrogens with one attached hydrogen (secondary N) is 1. The lowest BCUT2D eigenvalue weighted by Crippen LogP contribution is -2.40. The lowest BCUT2D eigenvalue weighted by molar-refractivity contribution is -0.185. The highest BCUT2D eigenvalue weighted by Gasteiger charge is 2.41. The standard InChI is InChI=1S/C17H17F3N4O2/c1-3-24(16(26)17(18,19)20)10-12-5-4-6-13(7-12)23-15(25)14-9-21-11(2)8-22-14/h4-9H,3,10H2,1-2H3,(H,23,25). The molecule has 2 amide bonds. The number of carbonyl (C=O) groups excluding carboxylic acids is 2. The first-order valence-corrected chi connectivity index (χ1v) is 7.75. The van der Waals surface area contributed by atoms with Gasteiger partial charge >= 0.3 is 12.1 Å². The molecule has 0 spiro atoms. The van der Waals surface area contributed by atoms with Gasteiger partial charge in [-0.25, -0.2) is 4.98 Å². The van der Waals surface area contributed by atoms with E-state index in [9.17, 15) is 22.8 Å². The van der Waals surface area contributed by atoms with Gasteiger partial charge in [-0.15, -0.1) is 0 Å². The molecule has 2 rings (SSSR count). The molecule has 9 heteroatoms. The van der Waals surface area contributed by atoms with Crippen LogP contribution in [0, 0.1) is 6.92 Å². The Morgan fingerprint density at radius 3 is 2.50 bits per heavy atom. The van der Waals surface area contributed by atoms with Crippen LogP contribution in [0.5, 0.6) is 0 Å². The van der Waals surface area contributed by atoms with Gasteiger partial charge in [-0.3, -0.25) is 14.6 Å². The van der Waals surface area contributed by atoms with E-state index in [2.05, 4.69) is 15.3 Å². The summed E-state index contributed by atoms with van der Waals surface area (Å²) in [7, 11) is 0. The maximum absolute atomic E-state index is 12.6. The lowest BCUT2D eigenvalue weighted by atomic mass is 10.2. The number of amides is 2. The summed E-state index contributed by atoms with van der Waals surface area (Å²) in [6, 6.07) is 6.25. The number of aryl methyl sites for hydroxylation is 1. The van der Waals surface area contributed by atoms with Crippen LogP contribution in [-0.4, -0.2) is 39.4 Å². The number of nitrogens with zero attached hydrogens (tertiary/aromatic N) is 3. The minimum absolute atomic E-state index is 0.0894. The van der Waals surface area contributed by atoms with E-state index in [1.807, 2.05) is 0 Å². The smallest absolute Gasteiger partial charge is 0.331 e. The molecule has 0 atom stereocenters. The Balaban J connectivity index is 2.10. The summed E-state index contributed by atoms with van der Waals surface area (Å²) in [5.41, 5.74) is 1.61. The lowest BCUT2D eigenvalue weighted by Gasteiger charge is -2.22. The summed E-state index contributed by atoms with van der Waals surface area (Å²) in [5.74, 6) is -2.39. The Morgan fingerprint density at radius 2 is 1.92 bits per heavy atom. The second-order valence-electron chi connectivity index (χ2n) is 5.51. The van der Waals surface area contributed by atoms with Crippen molar-refractivity contribution in [2.45, 2.75) is 26.6 Å². The highest BCUT2D eigenvalue weighted by atomic mass is 19.4. The molecule has 0 unspecified atom stereocenters. The molecule has 138 valence electrons. The molecule has 0 fully saturated rings. The summed E-state index contributed by atoms with van der Waals surface area (Å²) >= 11 is 0. The van der Waals surface area contributed by atoms with E-state index < -0.39 is 18.0 Å². The van der Waals surface area contributed by atoms with E-state index in [0.29, 0.717) is 21.8 Å². The summed E-state index contributed by atoms with van der Waals surface area (Å²) in [6.45, 7) is 2.89. The Labute approximate surface area is 148 Å². The molecule has 2 aromatic rings. The third kappa shape index (κ3) is 5.01. The zero-order chi connectivity index (χ0) is 19.3. The summed E-state index contributed by atoms with van der Waals surface area (Å²) in [5, 5.41) is 2.60. The van der Waals surface area contributed by atoms with E-state index in [-0.39, 0.29) is 18.8 Å². The van der Waals surface area contributed by atoms with Crippen molar-refractivity contribution in [2.75, 3.05) is 11.9 Å². The number of hydrogen-bond donors (Lipinski definition) is 1. The first kappa shape index (κ1) is 19.4. The highest BCUT2D eigenvalue weighted by molar-refractivity contribution is 6.02. The first-order chi connectivity index (χ1) is 12.2. The number of rotatable bonds is 5. The minimum atomic E-state index is -4.92. The van der Waals surface area contributed by atoms with Gasteiger partial charge in [0.2, 0.25) is 0 Å². The van der Waals surface area contributed by atoms with Crippen LogP contribution in [0.3, 0.4) is 0 Å². The Morgan fingerprint density at radius 1 is 1.19 bits per heavy atom. The van der Waals surface area contributed by atoms with Crippen molar-refractivity contribution in [2.24, 2.45) is 0 Å². The molecule has 1 aromatic carbocycles. The number of benzene rings is 1. The van der Waals surface area contributed by atoms with E-state index >= 15 is 0 Å². The van der Waals surface area contributed by atoms with E-state index in [0.717, 1.165) is 0 Å². The normalized spacial score (nSPS) is 11.1. The third-order valence-electron chi connectivity index (χ3n) is 3.48. The predicted octanol–water partition coefficient (Wildman–Crippen LogP) is 2.95. The Kier molecular flexibility index (Phi) is 5.91. The first-order valence-electron chi connectivity index (χ1n) is 7.75. The fourth-order valence-electron chi connectivity index (χ4n) is 2.18. The summed E-state index contributed by atoms with van der Waals surface area (Å²) < 4.78 is 37.8. The number of alkyl halides is 3. The molecule has 1 heterocycles. The van der Waals surface area contributed by atoms with Crippen molar-refractivity contribution < 1.29 is 22.8 Å². The molecular weight excluding hydrogens is 349 g/mol. The number of anilines is 1. The van der Waals surface area contributed by atoms with E-state index in [1.54, 1.807) is 25.1 Å². The average molecular weight is 366 g/mol. The van der Waals surface area contributed by atoms with Gasteiger partial charge in [0, 0.05) is 25.0 Å². The zero-order valence-corrected chi connectivity index (χ0v) is 14.2. The molecular formula is C17H17F3N4O2. The quantitative estimate of drug-likeness (QED) is 0.883. The number of hydrogen-bond acceptors (Lipinski definition) is 4. The Hall–Kier alpha value is -2.97. The van der Waals surface area contributed by atoms with Gasteiger partial charge in [0.25, 0.3) is 5.91 Å². The van der Waals surface area contributed by atoms with Crippen LogP contribution in [0.2, 0.25) is 0 Å². The van der Waals surface area contributed by atoms with Crippen molar-refractivity contribution in [1.82, 2.24) is 14.9 Å². The summed E-state index contributed by atoms with van der Waals surface area (Å²) in [6.07, 6.45) is -2.14. The van der Waals surface area contributed by atoms with E-state index in [1.165, 1.54) is 25.4 Å². The monoisotopic (exact) mass is 366 g/mol. The van der Waals surface area contributed by atoms with Crippen molar-refractivity contribution in [3.05, 3.63) is 53.6 Å². The zero-order valence-electron chi connectivity index (χ0n) is 14.2. The molecule has 0 aliphatic carbocycles. The SMILES string of the molecule is CCN(Cc1cccc(NC(=O)c2cnc(C)cn2)c1)C(=O)C(F)(F)F. The van der Waals surface area contributed by atoms with Crippen LogP contribution in [0.25, 0.3) is 0 Å². The molecule has 0 aliphatic heterocycles. The minimum Gasteiger partial charge on any atom is -0.331 e. The second kappa shape index (κ2) is 7.94. The molecule has 1 N–H and O–H groups in total. The predicted molar refractivity (Wildman–Crippen MR) is 88.3 cm³/mol. The van der Waals surface area contributed by atoms with Gasteiger partial charge in [0.15, 0.2) is 0 Å². The summed E-state index contributed by atoms with van der Waals surface area (Å²) in [4.78, 5) is 32.1. The number of carbonyl (C=O) groups is 2. The molecule has 0 bridgehead atoms. The molecule has 0 radical (unpaired) electrons. The molecule has 0 saturated heterocycles. The van der Waals surface area contributed by atoms with Gasteiger partial charge in [-0.2, -0.15) is 13.2 Å². The second-order valence-corrected chi connectivity index (χ2v) is 5.51. The van der Waals surface area contributed by atoms with Crippen LogP contribution in [-0.2, 0) is 11.3 Å². The van der Waals surface area contributed by atoms with Crippen LogP contribution < -0.4 is 5.32 Å². The van der Waals surface area contributed by atoms with Crippen LogP contribution >= 0.6 is 0 Å². The Bertz CT molecular complexity index is 791. The van der Waals surface area contributed by atoms with Crippen LogP contribution in [0.1, 0.15) is 28.7 Å². The van der Waals surface area contributed by atoms with Crippen LogP contribution in [0.15, 0.2) is 36.7 Å². The molecule has 6 nitrogen and oxygen atoms in total. The molecule has 0 saturated carbocycles. The maximum Gasteiger partial charge on any atom is 0.471 e. The average Bonchev–Trinajstić information content (AvgIpc) is 2.59. The van der Waals surface area contributed by atoms with Crippen molar-refractivity contribution in [1.29, 1.82) is 0 Å². The highest BCUT2D eigenvalue weighted by Crippen LogP contribution is 2.21. The fourth-order valence-corrected chi connectivity index (χ4v) is 2.18. The molecule has 0 aliphatic rings. The van der Waals surface area contributed by atoms with E-state index in [4.69, 9.17) is 0 Å². The van der Waals surface area contributed by atoms with Gasteiger partial charge < -0.3 is 10.2 Å².